The van der Waals surface area contributed by atoms with Crippen molar-refractivity contribution in [3.8, 4) is 0 Å². The van der Waals surface area contributed by atoms with Gasteiger partial charge in [-0.05, 0) is 30.0 Å². The minimum Gasteiger partial charge on any atom is -0.311 e. The van der Waals surface area contributed by atoms with Gasteiger partial charge >= 0.3 is 0 Å². The molecule has 0 aromatic heterocycles. The van der Waals surface area contributed by atoms with Crippen LogP contribution in [0.2, 0.25) is 0 Å². The first-order chi connectivity index (χ1) is 14.7. The molecule has 1 aromatic carbocycles. The summed E-state index contributed by atoms with van der Waals surface area (Å²) in [6.07, 6.45) is 12.7. The van der Waals surface area contributed by atoms with Gasteiger partial charge in [0.1, 0.15) is 0 Å². The lowest BCUT2D eigenvalue weighted by Gasteiger charge is -2.42. The number of fused-ring (bicyclic) bond motifs is 1. The average molecular weight is 401 g/mol. The average Bonchev–Trinajstić information content (AvgIpc) is 3.11. The number of aryl methyl sites for hydroxylation is 1. The highest BCUT2D eigenvalue weighted by Crippen LogP contribution is 2.32. The Bertz CT molecular complexity index is 1010. The van der Waals surface area contributed by atoms with Crippen LogP contribution in [0.5, 0.6) is 0 Å². The zero-order valence-corrected chi connectivity index (χ0v) is 17.6. The summed E-state index contributed by atoms with van der Waals surface area (Å²) in [5, 5.41) is 0. The molecule has 5 rings (SSSR count). The topological polar surface area (TPSA) is 39.1 Å². The van der Waals surface area contributed by atoms with E-state index in [1.807, 2.05) is 4.90 Å². The fourth-order valence-electron chi connectivity index (χ4n) is 4.70. The molecule has 5 nitrogen and oxygen atoms in total. The molecule has 0 atom stereocenters. The largest absolute Gasteiger partial charge is 0.311 e. The highest BCUT2D eigenvalue weighted by Gasteiger charge is 2.41. The molecule has 0 fully saturated rings. The second kappa shape index (κ2) is 8.07. The number of benzene rings is 1. The SMILES string of the molecule is Cc1ccccc1CN1C2=NCCN2C(=O)C2=C1CCN(CC1=CCC=CC=C1)C2. The van der Waals surface area contributed by atoms with Crippen LogP contribution in [0, 0.1) is 6.92 Å². The third-order valence-electron chi connectivity index (χ3n) is 6.35. The molecule has 3 heterocycles. The van der Waals surface area contributed by atoms with E-state index < -0.39 is 0 Å². The molecular weight excluding hydrogens is 372 g/mol. The molecule has 0 spiro atoms. The lowest BCUT2D eigenvalue weighted by atomic mass is 9.99. The van der Waals surface area contributed by atoms with E-state index in [-0.39, 0.29) is 5.91 Å². The summed E-state index contributed by atoms with van der Waals surface area (Å²) in [6, 6.07) is 8.50. The van der Waals surface area contributed by atoms with Crippen LogP contribution in [0.3, 0.4) is 0 Å². The van der Waals surface area contributed by atoms with Gasteiger partial charge in [0.05, 0.1) is 18.7 Å². The van der Waals surface area contributed by atoms with Crippen molar-refractivity contribution in [1.82, 2.24) is 14.7 Å². The van der Waals surface area contributed by atoms with Gasteiger partial charge in [-0.15, -0.1) is 0 Å². The molecule has 0 saturated heterocycles. The van der Waals surface area contributed by atoms with E-state index in [9.17, 15) is 4.79 Å². The lowest BCUT2D eigenvalue weighted by Crippen LogP contribution is -2.53. The fraction of sp³-hybridized carbons (Fsp3) is 0.360. The van der Waals surface area contributed by atoms with Gasteiger partial charge in [-0.1, -0.05) is 54.6 Å². The van der Waals surface area contributed by atoms with Gasteiger partial charge < -0.3 is 4.90 Å². The summed E-state index contributed by atoms with van der Waals surface area (Å²) in [4.78, 5) is 24.6. The van der Waals surface area contributed by atoms with Gasteiger partial charge in [0, 0.05) is 38.3 Å². The standard InChI is InChI=1S/C25H28N4O/c1-19-8-6-7-11-21(19)17-29-23-12-14-27(16-20-9-4-2-3-5-10-20)18-22(23)24(30)28-15-13-26-25(28)29/h2-4,6-11H,5,12-18H2,1H3. The molecule has 1 amide bonds. The van der Waals surface area contributed by atoms with Crippen LogP contribution in [0.25, 0.3) is 0 Å². The van der Waals surface area contributed by atoms with Crippen LogP contribution in [0.15, 0.2) is 76.5 Å². The maximum Gasteiger partial charge on any atom is 0.259 e. The van der Waals surface area contributed by atoms with Crippen molar-refractivity contribution in [2.24, 2.45) is 4.99 Å². The summed E-state index contributed by atoms with van der Waals surface area (Å²) < 4.78 is 0. The molecule has 3 aliphatic heterocycles. The van der Waals surface area contributed by atoms with Crippen LogP contribution in [-0.4, -0.2) is 59.3 Å². The maximum absolute atomic E-state index is 13.3. The van der Waals surface area contributed by atoms with Crippen LogP contribution in [-0.2, 0) is 11.3 Å². The van der Waals surface area contributed by atoms with Crippen molar-refractivity contribution >= 4 is 11.9 Å². The number of nitrogens with zero attached hydrogens (tertiary/aromatic N) is 4. The highest BCUT2D eigenvalue weighted by atomic mass is 16.2. The first-order valence-corrected chi connectivity index (χ1v) is 10.9. The fourth-order valence-corrected chi connectivity index (χ4v) is 4.70. The van der Waals surface area contributed by atoms with Crippen LogP contribution in [0.4, 0.5) is 0 Å². The summed E-state index contributed by atoms with van der Waals surface area (Å²) in [6.45, 7) is 6.87. The first-order valence-electron chi connectivity index (χ1n) is 10.9. The van der Waals surface area contributed by atoms with E-state index >= 15 is 0 Å². The van der Waals surface area contributed by atoms with Gasteiger partial charge in [-0.3, -0.25) is 19.6 Å². The van der Waals surface area contributed by atoms with Crippen molar-refractivity contribution in [3.05, 3.63) is 82.6 Å². The van der Waals surface area contributed by atoms with Crippen molar-refractivity contribution in [3.63, 3.8) is 0 Å². The summed E-state index contributed by atoms with van der Waals surface area (Å²) in [5.41, 5.74) is 6.01. The smallest absolute Gasteiger partial charge is 0.259 e. The summed E-state index contributed by atoms with van der Waals surface area (Å²) >= 11 is 0. The Hall–Kier alpha value is -2.92. The molecule has 0 saturated carbocycles. The number of rotatable bonds is 4. The predicted octanol–water partition coefficient (Wildman–Crippen LogP) is 3.41. The van der Waals surface area contributed by atoms with Crippen molar-refractivity contribution in [2.45, 2.75) is 26.3 Å². The normalized spacial score (nSPS) is 21.4. The number of guanidine groups is 1. The van der Waals surface area contributed by atoms with Gasteiger partial charge in [-0.2, -0.15) is 0 Å². The molecule has 0 bridgehead atoms. The number of amides is 1. The Morgan fingerprint density at radius 1 is 1.10 bits per heavy atom. The van der Waals surface area contributed by atoms with Gasteiger partial charge in [0.15, 0.2) is 0 Å². The van der Waals surface area contributed by atoms with E-state index in [2.05, 4.69) is 71.4 Å². The highest BCUT2D eigenvalue weighted by molar-refractivity contribution is 6.10. The number of aliphatic imine (C=N–C) groups is 1. The van der Waals surface area contributed by atoms with Gasteiger partial charge in [-0.25, -0.2) is 0 Å². The molecule has 0 N–H and O–H groups in total. The number of allylic oxidation sites excluding steroid dienone is 4. The quantitative estimate of drug-likeness (QED) is 0.778. The molecule has 1 aromatic rings. The third-order valence-corrected chi connectivity index (χ3v) is 6.35. The van der Waals surface area contributed by atoms with E-state index in [0.717, 1.165) is 44.0 Å². The predicted molar refractivity (Wildman–Crippen MR) is 120 cm³/mol. The van der Waals surface area contributed by atoms with Gasteiger partial charge in [0.25, 0.3) is 5.91 Å². The second-order valence-corrected chi connectivity index (χ2v) is 8.34. The number of carbonyl (C=O) groups is 1. The van der Waals surface area contributed by atoms with Crippen molar-refractivity contribution < 1.29 is 4.79 Å². The Morgan fingerprint density at radius 3 is 2.90 bits per heavy atom. The van der Waals surface area contributed by atoms with Crippen LogP contribution >= 0.6 is 0 Å². The maximum atomic E-state index is 13.3. The molecule has 0 unspecified atom stereocenters. The first kappa shape index (κ1) is 19.1. The van der Waals surface area contributed by atoms with Crippen LogP contribution in [0.1, 0.15) is 24.0 Å². The Balaban J connectivity index is 1.42. The summed E-state index contributed by atoms with van der Waals surface area (Å²) in [7, 11) is 0. The molecule has 154 valence electrons. The molecule has 1 aliphatic carbocycles. The van der Waals surface area contributed by atoms with E-state index in [1.54, 1.807) is 0 Å². The molecule has 30 heavy (non-hydrogen) atoms. The Morgan fingerprint density at radius 2 is 2.00 bits per heavy atom. The zero-order chi connectivity index (χ0) is 20.5. The second-order valence-electron chi connectivity index (χ2n) is 8.34. The monoisotopic (exact) mass is 400 g/mol. The van der Waals surface area contributed by atoms with E-state index in [1.165, 1.54) is 22.4 Å². The lowest BCUT2D eigenvalue weighted by molar-refractivity contribution is -0.124. The number of hydrogen-bond donors (Lipinski definition) is 0. The van der Waals surface area contributed by atoms with Crippen molar-refractivity contribution in [2.75, 3.05) is 32.7 Å². The number of carbonyl (C=O) groups excluding carboxylic acids is 1. The Kier molecular flexibility index (Phi) is 5.13. The number of hydrogen-bond acceptors (Lipinski definition) is 4. The molecule has 5 heteroatoms. The van der Waals surface area contributed by atoms with Crippen molar-refractivity contribution in [1.29, 1.82) is 0 Å². The minimum absolute atomic E-state index is 0.152. The van der Waals surface area contributed by atoms with E-state index in [0.29, 0.717) is 19.6 Å². The summed E-state index contributed by atoms with van der Waals surface area (Å²) in [5.74, 6) is 0.995. The van der Waals surface area contributed by atoms with E-state index in [4.69, 9.17) is 4.99 Å². The van der Waals surface area contributed by atoms with Gasteiger partial charge in [0.2, 0.25) is 5.96 Å². The zero-order valence-electron chi connectivity index (χ0n) is 17.6. The Labute approximate surface area is 178 Å². The molecular formula is C25H28N4O. The molecule has 4 aliphatic rings. The van der Waals surface area contributed by atoms with Crippen LogP contribution < -0.4 is 0 Å². The third kappa shape index (κ3) is 3.54. The minimum atomic E-state index is 0.152. The molecule has 0 radical (unpaired) electrons.